The number of hydrogen-bond acceptors (Lipinski definition) is 4. The van der Waals surface area contributed by atoms with Crippen molar-refractivity contribution in [3.8, 4) is 0 Å². The number of benzene rings is 4. The number of carbonyl (C=O) groups excluding carboxylic acids is 2. The lowest BCUT2D eigenvalue weighted by Crippen LogP contribution is -2.54. The summed E-state index contributed by atoms with van der Waals surface area (Å²) in [6.07, 6.45) is 4.23. The summed E-state index contributed by atoms with van der Waals surface area (Å²) in [5, 5.41) is 3.22. The van der Waals surface area contributed by atoms with Gasteiger partial charge in [-0.15, -0.1) is 0 Å². The van der Waals surface area contributed by atoms with Gasteiger partial charge in [0.25, 0.3) is 10.0 Å². The first kappa shape index (κ1) is 32.9. The van der Waals surface area contributed by atoms with E-state index >= 15 is 0 Å². The van der Waals surface area contributed by atoms with Crippen LogP contribution in [-0.2, 0) is 32.6 Å². The molecule has 4 aromatic carbocycles. The standard InChI is InChI=1S/C38H43N3O4S/c1-28-19-21-35(22-20-28)46(44,45)41(34-18-10-12-30(3)24-34)27-37(42)40(26-32-15-9-11-29(2)23-32)36(25-31-13-5-4-6-14-31)38(43)39-33-16-7-8-17-33/h4-6,9-15,18-24,33,36H,7-8,16-17,25-27H2,1-3H3,(H,39,43)/t36-/m1/s1. The number of rotatable bonds is 12. The smallest absolute Gasteiger partial charge is 0.264 e. The molecule has 0 radical (unpaired) electrons. The molecule has 1 aliphatic carbocycles. The van der Waals surface area contributed by atoms with E-state index in [9.17, 15) is 18.0 Å². The van der Waals surface area contributed by atoms with Gasteiger partial charge in [0.1, 0.15) is 12.6 Å². The average molecular weight is 638 g/mol. The minimum Gasteiger partial charge on any atom is -0.352 e. The maximum atomic E-state index is 14.6. The Morgan fingerprint density at radius 1 is 0.761 bits per heavy atom. The van der Waals surface area contributed by atoms with Crippen molar-refractivity contribution < 1.29 is 18.0 Å². The fourth-order valence-electron chi connectivity index (χ4n) is 6.08. The Balaban J connectivity index is 1.57. The first-order valence-electron chi connectivity index (χ1n) is 16.0. The molecular weight excluding hydrogens is 595 g/mol. The van der Waals surface area contributed by atoms with Crippen LogP contribution in [0, 0.1) is 20.8 Å². The van der Waals surface area contributed by atoms with Crippen LogP contribution in [0.5, 0.6) is 0 Å². The van der Waals surface area contributed by atoms with E-state index in [-0.39, 0.29) is 23.4 Å². The summed E-state index contributed by atoms with van der Waals surface area (Å²) in [7, 11) is -4.13. The molecule has 0 aliphatic heterocycles. The number of amides is 2. The van der Waals surface area contributed by atoms with Gasteiger partial charge in [-0.1, -0.05) is 103 Å². The van der Waals surface area contributed by atoms with Crippen molar-refractivity contribution in [1.29, 1.82) is 0 Å². The van der Waals surface area contributed by atoms with E-state index in [1.807, 2.05) is 81.4 Å². The highest BCUT2D eigenvalue weighted by Gasteiger charge is 2.35. The predicted molar refractivity (Wildman–Crippen MR) is 183 cm³/mol. The summed E-state index contributed by atoms with van der Waals surface area (Å²) in [6.45, 7) is 5.45. The molecule has 0 aromatic heterocycles. The largest absolute Gasteiger partial charge is 0.352 e. The van der Waals surface area contributed by atoms with Crippen molar-refractivity contribution in [3.05, 3.63) is 131 Å². The Morgan fingerprint density at radius 3 is 2.04 bits per heavy atom. The highest BCUT2D eigenvalue weighted by Crippen LogP contribution is 2.27. The lowest BCUT2D eigenvalue weighted by molar-refractivity contribution is -0.140. The molecule has 0 heterocycles. The quantitative estimate of drug-likeness (QED) is 0.192. The topological polar surface area (TPSA) is 86.8 Å². The number of carbonyl (C=O) groups is 2. The molecule has 46 heavy (non-hydrogen) atoms. The van der Waals surface area contributed by atoms with Gasteiger partial charge in [-0.3, -0.25) is 13.9 Å². The van der Waals surface area contributed by atoms with Crippen LogP contribution in [0.15, 0.2) is 108 Å². The third-order valence-electron chi connectivity index (χ3n) is 8.59. The molecule has 4 aromatic rings. The van der Waals surface area contributed by atoms with Gasteiger partial charge in [0.05, 0.1) is 10.6 Å². The molecular formula is C38H43N3O4S. The second-order valence-electron chi connectivity index (χ2n) is 12.4. The number of anilines is 1. The van der Waals surface area contributed by atoms with E-state index in [0.717, 1.165) is 53.5 Å². The van der Waals surface area contributed by atoms with Gasteiger partial charge in [0, 0.05) is 19.0 Å². The number of nitrogens with zero attached hydrogens (tertiary/aromatic N) is 2. The van der Waals surface area contributed by atoms with Gasteiger partial charge in [0.2, 0.25) is 11.8 Å². The molecule has 1 aliphatic rings. The second kappa shape index (κ2) is 14.8. The van der Waals surface area contributed by atoms with Crippen molar-refractivity contribution in [3.63, 3.8) is 0 Å². The number of aryl methyl sites for hydroxylation is 3. The molecule has 5 rings (SSSR count). The Hall–Kier alpha value is -4.43. The van der Waals surface area contributed by atoms with Crippen LogP contribution in [-0.4, -0.2) is 43.8 Å². The van der Waals surface area contributed by atoms with E-state index in [0.29, 0.717) is 12.1 Å². The molecule has 8 heteroatoms. The summed E-state index contributed by atoms with van der Waals surface area (Å²) in [5.74, 6) is -0.679. The molecule has 1 atom stereocenters. The fraction of sp³-hybridized carbons (Fsp3) is 0.316. The van der Waals surface area contributed by atoms with Gasteiger partial charge < -0.3 is 10.2 Å². The Morgan fingerprint density at radius 2 is 1.39 bits per heavy atom. The summed E-state index contributed by atoms with van der Waals surface area (Å²) in [5.41, 5.74) is 4.99. The highest BCUT2D eigenvalue weighted by molar-refractivity contribution is 7.92. The van der Waals surface area contributed by atoms with Gasteiger partial charge in [0.15, 0.2) is 0 Å². The Bertz CT molecular complexity index is 1750. The predicted octanol–water partition coefficient (Wildman–Crippen LogP) is 6.51. The van der Waals surface area contributed by atoms with E-state index in [4.69, 9.17) is 0 Å². The third kappa shape index (κ3) is 8.23. The monoisotopic (exact) mass is 637 g/mol. The maximum absolute atomic E-state index is 14.6. The molecule has 2 amide bonds. The van der Waals surface area contributed by atoms with Crippen molar-refractivity contribution in [1.82, 2.24) is 10.2 Å². The van der Waals surface area contributed by atoms with Crippen molar-refractivity contribution >= 4 is 27.5 Å². The third-order valence-corrected chi connectivity index (χ3v) is 10.4. The Labute approximate surface area is 273 Å². The minimum absolute atomic E-state index is 0.0624. The van der Waals surface area contributed by atoms with E-state index in [1.165, 1.54) is 4.31 Å². The van der Waals surface area contributed by atoms with Crippen LogP contribution in [0.4, 0.5) is 5.69 Å². The minimum atomic E-state index is -4.13. The molecule has 240 valence electrons. The zero-order valence-corrected chi connectivity index (χ0v) is 27.7. The normalized spacial score (nSPS) is 14.1. The lowest BCUT2D eigenvalue weighted by Gasteiger charge is -2.34. The van der Waals surface area contributed by atoms with Crippen LogP contribution < -0.4 is 9.62 Å². The molecule has 1 N–H and O–H groups in total. The van der Waals surface area contributed by atoms with Gasteiger partial charge in [-0.05, 0) is 74.6 Å². The molecule has 0 saturated heterocycles. The van der Waals surface area contributed by atoms with E-state index < -0.39 is 28.5 Å². The number of sulfonamides is 1. The van der Waals surface area contributed by atoms with Crippen molar-refractivity contribution in [2.75, 3.05) is 10.8 Å². The SMILES string of the molecule is Cc1ccc(S(=O)(=O)N(CC(=O)N(Cc2cccc(C)c2)[C@H](Cc2ccccc2)C(=O)NC2CCCC2)c2cccc(C)c2)cc1. The number of nitrogens with one attached hydrogen (secondary N) is 1. The zero-order chi connectivity index (χ0) is 32.7. The highest BCUT2D eigenvalue weighted by atomic mass is 32.2. The molecule has 1 fully saturated rings. The number of hydrogen-bond donors (Lipinski definition) is 1. The summed E-state index contributed by atoms with van der Waals surface area (Å²) in [6, 6.07) is 30.5. The van der Waals surface area contributed by atoms with Gasteiger partial charge >= 0.3 is 0 Å². The second-order valence-corrected chi connectivity index (χ2v) is 14.2. The summed E-state index contributed by atoms with van der Waals surface area (Å²) >= 11 is 0. The van der Waals surface area contributed by atoms with Crippen molar-refractivity contribution in [2.24, 2.45) is 0 Å². The fourth-order valence-corrected chi connectivity index (χ4v) is 7.48. The first-order valence-corrected chi connectivity index (χ1v) is 17.4. The molecule has 0 bridgehead atoms. The first-order chi connectivity index (χ1) is 22.1. The van der Waals surface area contributed by atoms with Gasteiger partial charge in [-0.25, -0.2) is 8.42 Å². The summed E-state index contributed by atoms with van der Waals surface area (Å²) in [4.78, 5) is 30.4. The van der Waals surface area contributed by atoms with Crippen LogP contribution >= 0.6 is 0 Å². The maximum Gasteiger partial charge on any atom is 0.264 e. The molecule has 7 nitrogen and oxygen atoms in total. The Kier molecular flexibility index (Phi) is 10.6. The van der Waals surface area contributed by atoms with Crippen LogP contribution in [0.3, 0.4) is 0 Å². The van der Waals surface area contributed by atoms with Crippen LogP contribution in [0.25, 0.3) is 0 Å². The van der Waals surface area contributed by atoms with E-state index in [2.05, 4.69) is 5.32 Å². The lowest BCUT2D eigenvalue weighted by atomic mass is 10.0. The zero-order valence-electron chi connectivity index (χ0n) is 26.9. The average Bonchev–Trinajstić information content (AvgIpc) is 3.55. The van der Waals surface area contributed by atoms with Gasteiger partial charge in [-0.2, -0.15) is 0 Å². The molecule has 1 saturated carbocycles. The molecule has 0 unspecified atom stereocenters. The molecule has 0 spiro atoms. The van der Waals surface area contributed by atoms with Crippen molar-refractivity contribution in [2.45, 2.75) is 76.4 Å². The van der Waals surface area contributed by atoms with E-state index in [1.54, 1.807) is 47.4 Å². The summed E-state index contributed by atoms with van der Waals surface area (Å²) < 4.78 is 29.6. The van der Waals surface area contributed by atoms with Crippen LogP contribution in [0.1, 0.15) is 53.5 Å². The van der Waals surface area contributed by atoms with Crippen LogP contribution in [0.2, 0.25) is 0 Å².